The van der Waals surface area contributed by atoms with E-state index in [2.05, 4.69) is 21.2 Å². The molecule has 0 aromatic heterocycles. The van der Waals surface area contributed by atoms with Gasteiger partial charge in [0.1, 0.15) is 5.82 Å². The molecule has 0 aliphatic carbocycles. The van der Waals surface area contributed by atoms with Crippen LogP contribution >= 0.6 is 15.9 Å². The van der Waals surface area contributed by atoms with Crippen LogP contribution in [0.1, 0.15) is 40.9 Å². The van der Waals surface area contributed by atoms with E-state index in [1.165, 1.54) is 18.2 Å². The Hall–Kier alpha value is -1.68. The molecule has 2 aromatic carbocycles. The smallest absolute Gasteiger partial charge is 0.252 e. The highest BCUT2D eigenvalue weighted by atomic mass is 79.9. The van der Waals surface area contributed by atoms with Gasteiger partial charge in [-0.15, -0.1) is 0 Å². The molecule has 0 bridgehead atoms. The molecule has 1 amide bonds. The third-order valence-electron chi connectivity index (χ3n) is 3.42. The van der Waals surface area contributed by atoms with Crippen molar-refractivity contribution in [2.45, 2.75) is 26.3 Å². The molecule has 2 aromatic rings. The molecule has 1 unspecified atom stereocenters. The van der Waals surface area contributed by atoms with Crippen molar-refractivity contribution in [2.75, 3.05) is 0 Å². The quantitative estimate of drug-likeness (QED) is 0.845. The summed E-state index contributed by atoms with van der Waals surface area (Å²) in [4.78, 5) is 12.3. The molecule has 4 heteroatoms. The van der Waals surface area contributed by atoms with Gasteiger partial charge in [0.25, 0.3) is 5.91 Å². The summed E-state index contributed by atoms with van der Waals surface area (Å²) < 4.78 is 14.1. The second-order valence-corrected chi connectivity index (χ2v) is 5.86. The number of halogens is 2. The summed E-state index contributed by atoms with van der Waals surface area (Å²) in [7, 11) is 0. The fourth-order valence-electron chi connectivity index (χ4n) is 2.23. The van der Waals surface area contributed by atoms with Crippen LogP contribution in [0.15, 0.2) is 46.9 Å². The van der Waals surface area contributed by atoms with E-state index in [1.807, 2.05) is 31.2 Å². The zero-order valence-corrected chi connectivity index (χ0v) is 13.6. The molecule has 21 heavy (non-hydrogen) atoms. The van der Waals surface area contributed by atoms with Crippen molar-refractivity contribution in [1.82, 2.24) is 5.32 Å². The van der Waals surface area contributed by atoms with Gasteiger partial charge in [-0.25, -0.2) is 4.39 Å². The second-order valence-electron chi connectivity index (χ2n) is 4.95. The molecule has 0 radical (unpaired) electrons. The van der Waals surface area contributed by atoms with Gasteiger partial charge in [-0.1, -0.05) is 35.0 Å². The number of nitrogens with one attached hydrogen (secondary N) is 1. The second kappa shape index (κ2) is 6.85. The zero-order chi connectivity index (χ0) is 15.4. The van der Waals surface area contributed by atoms with Crippen molar-refractivity contribution in [3.63, 3.8) is 0 Å². The van der Waals surface area contributed by atoms with Crippen molar-refractivity contribution < 1.29 is 9.18 Å². The van der Waals surface area contributed by atoms with E-state index in [9.17, 15) is 9.18 Å². The third-order valence-corrected chi connectivity index (χ3v) is 3.95. The number of hydrogen-bond donors (Lipinski definition) is 1. The molecule has 0 aliphatic heterocycles. The SMILES string of the molecule is CCC(NC(=O)c1ccc(F)cc1C)c1ccc(Br)cc1. The molecule has 0 heterocycles. The Morgan fingerprint density at radius 1 is 1.24 bits per heavy atom. The van der Waals surface area contributed by atoms with Gasteiger partial charge in [0.15, 0.2) is 0 Å². The summed E-state index contributed by atoms with van der Waals surface area (Å²) in [6.45, 7) is 3.75. The summed E-state index contributed by atoms with van der Waals surface area (Å²) >= 11 is 3.40. The highest BCUT2D eigenvalue weighted by molar-refractivity contribution is 9.10. The normalized spacial score (nSPS) is 12.0. The van der Waals surface area contributed by atoms with E-state index < -0.39 is 0 Å². The molecule has 0 aliphatic rings. The first-order valence-electron chi connectivity index (χ1n) is 6.83. The van der Waals surface area contributed by atoms with Gasteiger partial charge in [0, 0.05) is 10.0 Å². The number of carbonyl (C=O) groups is 1. The topological polar surface area (TPSA) is 29.1 Å². The lowest BCUT2D eigenvalue weighted by Crippen LogP contribution is -2.28. The van der Waals surface area contributed by atoms with Gasteiger partial charge in [0.05, 0.1) is 6.04 Å². The number of benzene rings is 2. The van der Waals surface area contributed by atoms with E-state index >= 15 is 0 Å². The van der Waals surface area contributed by atoms with E-state index in [1.54, 1.807) is 6.92 Å². The predicted molar refractivity (Wildman–Crippen MR) is 85.8 cm³/mol. The first-order chi connectivity index (χ1) is 10.0. The van der Waals surface area contributed by atoms with Crippen LogP contribution in [0.4, 0.5) is 4.39 Å². The molecule has 0 fully saturated rings. The first-order valence-corrected chi connectivity index (χ1v) is 7.63. The average molecular weight is 350 g/mol. The Labute approximate surface area is 132 Å². The Balaban J connectivity index is 2.18. The van der Waals surface area contributed by atoms with E-state index in [0.29, 0.717) is 11.1 Å². The first kappa shape index (κ1) is 15.7. The summed E-state index contributed by atoms with van der Waals surface area (Å²) in [5, 5.41) is 3.00. The van der Waals surface area contributed by atoms with Crippen LogP contribution in [0, 0.1) is 12.7 Å². The van der Waals surface area contributed by atoms with Gasteiger partial charge >= 0.3 is 0 Å². The Morgan fingerprint density at radius 3 is 2.48 bits per heavy atom. The maximum absolute atomic E-state index is 13.1. The van der Waals surface area contributed by atoms with Gasteiger partial charge in [0.2, 0.25) is 0 Å². The Bertz CT molecular complexity index is 640. The Morgan fingerprint density at radius 2 is 1.90 bits per heavy atom. The van der Waals surface area contributed by atoms with E-state index in [-0.39, 0.29) is 17.8 Å². The number of carbonyl (C=O) groups excluding carboxylic acids is 1. The minimum atomic E-state index is -0.330. The van der Waals surface area contributed by atoms with Crippen LogP contribution in [0.5, 0.6) is 0 Å². The minimum Gasteiger partial charge on any atom is -0.345 e. The fourth-order valence-corrected chi connectivity index (χ4v) is 2.50. The standard InChI is InChI=1S/C17H17BrFNO/c1-3-16(12-4-6-13(18)7-5-12)20-17(21)15-9-8-14(19)10-11(15)2/h4-10,16H,3H2,1-2H3,(H,20,21). The van der Waals surface area contributed by atoms with Crippen molar-refractivity contribution in [3.05, 3.63) is 69.4 Å². The van der Waals surface area contributed by atoms with Gasteiger partial charge in [-0.2, -0.15) is 0 Å². The number of rotatable bonds is 4. The lowest BCUT2D eigenvalue weighted by atomic mass is 10.0. The van der Waals surface area contributed by atoms with Crippen LogP contribution in [0.25, 0.3) is 0 Å². The lowest BCUT2D eigenvalue weighted by molar-refractivity contribution is 0.0935. The summed E-state index contributed by atoms with van der Waals surface area (Å²) in [6.07, 6.45) is 0.785. The molecule has 2 nitrogen and oxygen atoms in total. The van der Waals surface area contributed by atoms with Gasteiger partial charge in [-0.3, -0.25) is 4.79 Å². The van der Waals surface area contributed by atoms with Crippen LogP contribution in [-0.2, 0) is 0 Å². The zero-order valence-electron chi connectivity index (χ0n) is 12.0. The van der Waals surface area contributed by atoms with Gasteiger partial charge in [-0.05, 0) is 54.8 Å². The summed E-state index contributed by atoms with van der Waals surface area (Å²) in [5.41, 5.74) is 2.19. The summed E-state index contributed by atoms with van der Waals surface area (Å²) in [6, 6.07) is 12.0. The minimum absolute atomic E-state index is 0.0601. The highest BCUT2D eigenvalue weighted by Gasteiger charge is 2.15. The number of hydrogen-bond acceptors (Lipinski definition) is 1. The molecule has 1 atom stereocenters. The number of aryl methyl sites for hydroxylation is 1. The van der Waals surface area contributed by atoms with E-state index in [0.717, 1.165) is 16.5 Å². The number of amides is 1. The highest BCUT2D eigenvalue weighted by Crippen LogP contribution is 2.20. The van der Waals surface area contributed by atoms with Crippen LogP contribution in [0.2, 0.25) is 0 Å². The van der Waals surface area contributed by atoms with Crippen LogP contribution in [-0.4, -0.2) is 5.91 Å². The van der Waals surface area contributed by atoms with Crippen LogP contribution < -0.4 is 5.32 Å². The molecule has 1 N–H and O–H groups in total. The fraction of sp³-hybridized carbons (Fsp3) is 0.235. The maximum Gasteiger partial charge on any atom is 0.252 e. The molecule has 110 valence electrons. The monoisotopic (exact) mass is 349 g/mol. The maximum atomic E-state index is 13.1. The molecular formula is C17H17BrFNO. The van der Waals surface area contributed by atoms with Crippen molar-refractivity contribution in [2.24, 2.45) is 0 Å². The van der Waals surface area contributed by atoms with E-state index in [4.69, 9.17) is 0 Å². The predicted octanol–water partition coefficient (Wildman–Crippen LogP) is 4.78. The van der Waals surface area contributed by atoms with Crippen molar-refractivity contribution >= 4 is 21.8 Å². The summed E-state index contributed by atoms with van der Waals surface area (Å²) in [5.74, 6) is -0.508. The largest absolute Gasteiger partial charge is 0.345 e. The van der Waals surface area contributed by atoms with Crippen molar-refractivity contribution in [1.29, 1.82) is 0 Å². The molecule has 0 saturated heterocycles. The van der Waals surface area contributed by atoms with Crippen LogP contribution in [0.3, 0.4) is 0 Å². The third kappa shape index (κ3) is 3.91. The molecule has 0 spiro atoms. The van der Waals surface area contributed by atoms with Gasteiger partial charge < -0.3 is 5.32 Å². The average Bonchev–Trinajstić information content (AvgIpc) is 2.45. The van der Waals surface area contributed by atoms with Crippen molar-refractivity contribution in [3.8, 4) is 0 Å². The lowest BCUT2D eigenvalue weighted by Gasteiger charge is -2.18. The molecule has 2 rings (SSSR count). The Kier molecular flexibility index (Phi) is 5.12. The molecular weight excluding hydrogens is 333 g/mol. The molecule has 0 saturated carbocycles.